The van der Waals surface area contributed by atoms with Crippen LogP contribution in [0, 0.1) is 6.92 Å². The van der Waals surface area contributed by atoms with Gasteiger partial charge in [-0.1, -0.05) is 11.3 Å². The molecule has 0 saturated carbocycles. The molecule has 0 aliphatic heterocycles. The van der Waals surface area contributed by atoms with Crippen LogP contribution >= 0.6 is 0 Å². The van der Waals surface area contributed by atoms with Crippen molar-refractivity contribution in [3.05, 3.63) is 59.4 Å². The van der Waals surface area contributed by atoms with E-state index < -0.39 is 29.3 Å². The molecule has 0 aliphatic rings. The molecule has 0 fully saturated rings. The smallest absolute Gasteiger partial charge is 0.416 e. The van der Waals surface area contributed by atoms with Gasteiger partial charge in [0.15, 0.2) is 5.69 Å². The minimum Gasteiger partial charge on any atom is -0.497 e. The molecule has 0 atom stereocenters. The first kappa shape index (κ1) is 25.5. The third kappa shape index (κ3) is 6.28. The molecule has 0 unspecified atom stereocenters. The number of nitrogens with zero attached hydrogens (tertiary/aromatic N) is 3. The van der Waals surface area contributed by atoms with Gasteiger partial charge in [0, 0.05) is 6.07 Å². The minimum absolute atomic E-state index is 0.0848. The van der Waals surface area contributed by atoms with E-state index in [1.165, 1.54) is 11.8 Å². The monoisotopic (exact) mass is 491 g/mol. The number of amides is 2. The number of halogens is 3. The van der Waals surface area contributed by atoms with Crippen molar-refractivity contribution in [1.29, 1.82) is 0 Å². The number of nitrogens with one attached hydrogen (secondary N) is 2. The van der Waals surface area contributed by atoms with E-state index in [9.17, 15) is 22.8 Å². The van der Waals surface area contributed by atoms with Crippen LogP contribution in [0.3, 0.4) is 0 Å². The molecule has 0 radical (unpaired) electrons. The molecular weight excluding hydrogens is 467 g/mol. The van der Waals surface area contributed by atoms with Crippen molar-refractivity contribution in [3.63, 3.8) is 0 Å². The third-order valence-electron chi connectivity index (χ3n) is 4.64. The molecule has 0 bridgehead atoms. The molecule has 0 aliphatic carbocycles. The highest BCUT2D eigenvalue weighted by Crippen LogP contribution is 2.34. The summed E-state index contributed by atoms with van der Waals surface area (Å²) in [6.45, 7) is 6.49. The Bertz CT molecular complexity index is 1250. The van der Waals surface area contributed by atoms with Crippen LogP contribution in [0.4, 0.5) is 29.3 Å². The number of ether oxygens (including phenoxy) is 2. The van der Waals surface area contributed by atoms with Crippen molar-refractivity contribution in [3.8, 4) is 11.4 Å². The van der Waals surface area contributed by atoms with Crippen molar-refractivity contribution in [1.82, 2.24) is 15.0 Å². The lowest BCUT2D eigenvalue weighted by Crippen LogP contribution is -2.27. The summed E-state index contributed by atoms with van der Waals surface area (Å²) < 4.78 is 51.6. The summed E-state index contributed by atoms with van der Waals surface area (Å²) in [6, 6.07) is 9.39. The molecule has 9 nitrogen and oxygen atoms in total. The maximum atomic E-state index is 13.3. The Labute approximate surface area is 199 Å². The van der Waals surface area contributed by atoms with Gasteiger partial charge >= 0.3 is 12.3 Å². The molecule has 1 heterocycles. The van der Waals surface area contributed by atoms with Crippen LogP contribution in [0.15, 0.2) is 42.5 Å². The van der Waals surface area contributed by atoms with Crippen molar-refractivity contribution in [2.24, 2.45) is 0 Å². The highest BCUT2D eigenvalue weighted by molar-refractivity contribution is 6.06. The lowest BCUT2D eigenvalue weighted by atomic mass is 10.1. The minimum atomic E-state index is -4.67. The Morgan fingerprint density at radius 2 is 1.71 bits per heavy atom. The zero-order valence-electron chi connectivity index (χ0n) is 19.6. The Hall–Kier alpha value is -4.09. The zero-order chi connectivity index (χ0) is 26.0. The van der Waals surface area contributed by atoms with Gasteiger partial charge < -0.3 is 14.8 Å². The van der Waals surface area contributed by atoms with Crippen molar-refractivity contribution in [2.45, 2.75) is 39.5 Å². The van der Waals surface area contributed by atoms with Gasteiger partial charge in [-0.25, -0.2) is 9.48 Å². The van der Waals surface area contributed by atoms with Crippen LogP contribution in [0.25, 0.3) is 5.69 Å². The number of anilines is 2. The number of benzene rings is 2. The first-order chi connectivity index (χ1) is 16.3. The predicted molar refractivity (Wildman–Crippen MR) is 122 cm³/mol. The summed E-state index contributed by atoms with van der Waals surface area (Å²) in [5.41, 5.74) is -1.43. The van der Waals surface area contributed by atoms with E-state index in [1.54, 1.807) is 52.0 Å². The highest BCUT2D eigenvalue weighted by Gasteiger charge is 2.32. The average Bonchev–Trinajstić information content (AvgIpc) is 3.14. The molecular formula is C23H24F3N5O4. The van der Waals surface area contributed by atoms with E-state index >= 15 is 0 Å². The molecule has 186 valence electrons. The second-order valence-electron chi connectivity index (χ2n) is 8.48. The summed E-state index contributed by atoms with van der Waals surface area (Å²) in [5, 5.41) is 12.6. The van der Waals surface area contributed by atoms with E-state index in [1.807, 2.05) is 0 Å². The van der Waals surface area contributed by atoms with Gasteiger partial charge in [0.1, 0.15) is 11.4 Å². The van der Waals surface area contributed by atoms with Crippen LogP contribution in [-0.4, -0.2) is 39.7 Å². The molecule has 1 aromatic heterocycles. The number of alkyl halides is 3. The second kappa shape index (κ2) is 9.65. The van der Waals surface area contributed by atoms with Crippen LogP contribution in [0.2, 0.25) is 0 Å². The number of carbonyl (C=O) groups excluding carboxylic acids is 2. The summed E-state index contributed by atoms with van der Waals surface area (Å²) in [5.74, 6) is -0.256. The number of hydrogen-bond donors (Lipinski definition) is 2. The molecule has 3 aromatic rings. The molecule has 2 aromatic carbocycles. The Kier molecular flexibility index (Phi) is 7.04. The second-order valence-corrected chi connectivity index (χ2v) is 8.48. The third-order valence-corrected chi connectivity index (χ3v) is 4.64. The molecule has 2 N–H and O–H groups in total. The van der Waals surface area contributed by atoms with Crippen molar-refractivity contribution < 1.29 is 32.2 Å². The van der Waals surface area contributed by atoms with Crippen LogP contribution in [0.5, 0.6) is 5.75 Å². The number of hydrogen-bond acceptors (Lipinski definition) is 6. The summed E-state index contributed by atoms with van der Waals surface area (Å²) in [7, 11) is 1.50. The first-order valence-corrected chi connectivity index (χ1v) is 10.4. The lowest BCUT2D eigenvalue weighted by molar-refractivity contribution is -0.137. The molecule has 2 amide bonds. The normalized spacial score (nSPS) is 11.7. The van der Waals surface area contributed by atoms with Crippen LogP contribution < -0.4 is 15.4 Å². The standard InChI is InChI=1S/C23H24F3N5O4/c1-13-19(29-30-31(13)15-7-6-8-16(12-15)34-5)20(32)27-18-11-14(23(24,25)26)9-10-17(18)28-21(33)35-22(2,3)4/h6-12H,1-5H3,(H,27,32)(H,28,33). The van der Waals surface area contributed by atoms with Gasteiger partial charge in [0.2, 0.25) is 0 Å². The van der Waals surface area contributed by atoms with Crippen LogP contribution in [-0.2, 0) is 10.9 Å². The Morgan fingerprint density at radius 1 is 1.00 bits per heavy atom. The fourth-order valence-electron chi connectivity index (χ4n) is 3.05. The van der Waals surface area contributed by atoms with Gasteiger partial charge in [0.05, 0.1) is 35.4 Å². The van der Waals surface area contributed by atoms with Gasteiger partial charge in [0.25, 0.3) is 5.91 Å². The maximum Gasteiger partial charge on any atom is 0.416 e. The van der Waals surface area contributed by atoms with Gasteiger partial charge in [-0.05, 0) is 58.0 Å². The average molecular weight is 491 g/mol. The zero-order valence-corrected chi connectivity index (χ0v) is 19.6. The molecule has 0 saturated heterocycles. The van der Waals surface area contributed by atoms with Gasteiger partial charge in [-0.15, -0.1) is 5.10 Å². The van der Waals surface area contributed by atoms with E-state index in [0.29, 0.717) is 23.2 Å². The van der Waals surface area contributed by atoms with Crippen LogP contribution in [0.1, 0.15) is 42.5 Å². The van der Waals surface area contributed by atoms with E-state index in [4.69, 9.17) is 9.47 Å². The summed E-state index contributed by atoms with van der Waals surface area (Å²) >= 11 is 0. The maximum absolute atomic E-state index is 13.3. The Balaban J connectivity index is 1.92. The van der Waals surface area contributed by atoms with Gasteiger partial charge in [-0.3, -0.25) is 10.1 Å². The van der Waals surface area contributed by atoms with E-state index in [2.05, 4.69) is 20.9 Å². The number of rotatable bonds is 5. The lowest BCUT2D eigenvalue weighted by Gasteiger charge is -2.21. The fraction of sp³-hybridized carbons (Fsp3) is 0.304. The van der Waals surface area contributed by atoms with Crippen molar-refractivity contribution >= 4 is 23.4 Å². The van der Waals surface area contributed by atoms with Crippen molar-refractivity contribution in [2.75, 3.05) is 17.7 Å². The quantitative estimate of drug-likeness (QED) is 0.508. The molecule has 35 heavy (non-hydrogen) atoms. The topological polar surface area (TPSA) is 107 Å². The van der Waals surface area contributed by atoms with Gasteiger partial charge in [-0.2, -0.15) is 13.2 Å². The Morgan fingerprint density at radius 3 is 2.34 bits per heavy atom. The van der Waals surface area contributed by atoms with E-state index in [-0.39, 0.29) is 17.1 Å². The molecule has 0 spiro atoms. The SMILES string of the molecule is COc1cccc(-n2nnc(C(=O)Nc3cc(C(F)(F)F)ccc3NC(=O)OC(C)(C)C)c2C)c1. The summed E-state index contributed by atoms with van der Waals surface area (Å²) in [4.78, 5) is 25.1. The molecule has 12 heteroatoms. The molecule has 3 rings (SSSR count). The van der Waals surface area contributed by atoms with E-state index in [0.717, 1.165) is 12.1 Å². The number of carbonyl (C=O) groups is 2. The number of aromatic nitrogens is 3. The number of methoxy groups -OCH3 is 1. The largest absolute Gasteiger partial charge is 0.497 e. The predicted octanol–water partition coefficient (Wildman–Crippen LogP) is 5.20. The fourth-order valence-corrected chi connectivity index (χ4v) is 3.05. The first-order valence-electron chi connectivity index (χ1n) is 10.4. The highest BCUT2D eigenvalue weighted by atomic mass is 19.4. The summed E-state index contributed by atoms with van der Waals surface area (Å²) in [6.07, 6.45) is -5.57.